The van der Waals surface area contributed by atoms with Crippen LogP contribution in [0.4, 0.5) is 17.6 Å². The maximum atomic E-state index is 12.7. The van der Waals surface area contributed by atoms with Crippen LogP contribution >= 0.6 is 0 Å². The molecule has 138 valence electrons. The standard InChI is InChI=1S/C14H20F4N2O4/c1-19-3-2-9-4-20(7-13(9,6-19)12(22)23)10(21)5-24-8-14(17,18)11(15)16/h9,11H,2-8H2,1H3,(H,22,23)/t9-,13-/m0/s1. The number of fused-ring (bicyclic) bond motifs is 1. The number of hydrogen-bond donors (Lipinski definition) is 1. The van der Waals surface area contributed by atoms with Gasteiger partial charge in [-0.2, -0.15) is 8.78 Å². The molecule has 0 radical (unpaired) electrons. The Morgan fingerprint density at radius 2 is 2.04 bits per heavy atom. The molecule has 0 aromatic heterocycles. The highest BCUT2D eigenvalue weighted by Gasteiger charge is 2.55. The van der Waals surface area contributed by atoms with Crippen molar-refractivity contribution in [1.29, 1.82) is 0 Å². The average molecular weight is 356 g/mol. The topological polar surface area (TPSA) is 70.1 Å². The van der Waals surface area contributed by atoms with Gasteiger partial charge in [-0.25, -0.2) is 8.78 Å². The van der Waals surface area contributed by atoms with E-state index in [0.29, 0.717) is 19.5 Å². The molecule has 0 saturated carbocycles. The molecule has 1 N–H and O–H groups in total. The van der Waals surface area contributed by atoms with Crippen LogP contribution in [-0.4, -0.2) is 85.6 Å². The zero-order valence-corrected chi connectivity index (χ0v) is 13.2. The highest BCUT2D eigenvalue weighted by Crippen LogP contribution is 2.42. The van der Waals surface area contributed by atoms with Gasteiger partial charge in [-0.15, -0.1) is 0 Å². The number of hydrogen-bond acceptors (Lipinski definition) is 4. The van der Waals surface area contributed by atoms with Gasteiger partial charge in [0.15, 0.2) is 0 Å². The molecule has 1 amide bonds. The van der Waals surface area contributed by atoms with Crippen molar-refractivity contribution in [2.75, 3.05) is 46.4 Å². The van der Waals surface area contributed by atoms with Gasteiger partial charge in [0.05, 0.1) is 0 Å². The molecule has 10 heteroatoms. The Labute approximate surface area is 136 Å². The van der Waals surface area contributed by atoms with Gasteiger partial charge in [-0.05, 0) is 25.9 Å². The average Bonchev–Trinajstić information content (AvgIpc) is 2.86. The summed E-state index contributed by atoms with van der Waals surface area (Å²) in [6.07, 6.45) is -3.26. The maximum absolute atomic E-state index is 12.7. The van der Waals surface area contributed by atoms with Gasteiger partial charge >= 0.3 is 18.3 Å². The van der Waals surface area contributed by atoms with E-state index in [-0.39, 0.29) is 19.0 Å². The van der Waals surface area contributed by atoms with Gasteiger partial charge in [0.25, 0.3) is 0 Å². The van der Waals surface area contributed by atoms with Crippen LogP contribution in [0.25, 0.3) is 0 Å². The largest absolute Gasteiger partial charge is 0.481 e. The number of carboxylic acids is 1. The third kappa shape index (κ3) is 3.64. The monoisotopic (exact) mass is 356 g/mol. The van der Waals surface area contributed by atoms with Gasteiger partial charge in [0.2, 0.25) is 5.91 Å². The van der Waals surface area contributed by atoms with Crippen LogP contribution < -0.4 is 0 Å². The number of amides is 1. The minimum Gasteiger partial charge on any atom is -0.481 e. The SMILES string of the molecule is CN1CC[C@H]2CN(C(=O)COCC(F)(F)C(F)F)C[C@@]2(C(=O)O)C1. The molecule has 2 fully saturated rings. The van der Waals surface area contributed by atoms with Crippen molar-refractivity contribution in [1.82, 2.24) is 9.80 Å². The number of rotatable bonds is 6. The molecule has 2 rings (SSSR count). The number of halogens is 4. The number of aliphatic carboxylic acids is 1. The van der Waals surface area contributed by atoms with E-state index in [9.17, 15) is 32.3 Å². The van der Waals surface area contributed by atoms with Crippen molar-refractivity contribution in [3.05, 3.63) is 0 Å². The number of alkyl halides is 4. The quantitative estimate of drug-likeness (QED) is 0.712. The summed E-state index contributed by atoms with van der Waals surface area (Å²) in [4.78, 5) is 26.9. The van der Waals surface area contributed by atoms with Crippen LogP contribution in [0, 0.1) is 11.3 Å². The first-order valence-electron chi connectivity index (χ1n) is 7.52. The van der Waals surface area contributed by atoms with Crippen molar-refractivity contribution >= 4 is 11.9 Å². The van der Waals surface area contributed by atoms with Crippen molar-refractivity contribution in [2.45, 2.75) is 18.8 Å². The summed E-state index contributed by atoms with van der Waals surface area (Å²) >= 11 is 0. The second-order valence-electron chi connectivity index (χ2n) is 6.51. The first-order valence-corrected chi connectivity index (χ1v) is 7.52. The highest BCUT2D eigenvalue weighted by molar-refractivity contribution is 5.82. The smallest absolute Gasteiger partial charge is 0.330 e. The molecule has 6 nitrogen and oxygen atoms in total. The number of carbonyl (C=O) groups excluding carboxylic acids is 1. The molecule has 2 aliphatic heterocycles. The van der Waals surface area contributed by atoms with E-state index >= 15 is 0 Å². The first-order chi connectivity index (χ1) is 11.1. The molecular weight excluding hydrogens is 336 g/mol. The van der Waals surface area contributed by atoms with E-state index in [2.05, 4.69) is 4.74 Å². The number of carboxylic acid groups (broad SMARTS) is 1. The Morgan fingerprint density at radius 3 is 2.62 bits per heavy atom. The molecular formula is C14H20F4N2O4. The van der Waals surface area contributed by atoms with Crippen LogP contribution in [0.5, 0.6) is 0 Å². The lowest BCUT2D eigenvalue weighted by molar-refractivity contribution is -0.170. The zero-order valence-electron chi connectivity index (χ0n) is 13.2. The molecule has 0 spiro atoms. The van der Waals surface area contributed by atoms with Crippen LogP contribution in [0.2, 0.25) is 0 Å². The first kappa shape index (κ1) is 18.9. The molecule has 0 aliphatic carbocycles. The Kier molecular flexibility index (Phi) is 5.38. The Bertz CT molecular complexity index is 505. The molecule has 2 atom stereocenters. The van der Waals surface area contributed by atoms with Crippen molar-refractivity contribution in [3.63, 3.8) is 0 Å². The molecule has 0 aromatic rings. The molecule has 0 unspecified atom stereocenters. The zero-order chi connectivity index (χ0) is 18.1. The number of nitrogens with zero attached hydrogens (tertiary/aromatic N) is 2. The van der Waals surface area contributed by atoms with Crippen molar-refractivity contribution in [3.8, 4) is 0 Å². The summed E-state index contributed by atoms with van der Waals surface area (Å²) in [5.74, 6) is -6.21. The van der Waals surface area contributed by atoms with E-state index in [4.69, 9.17) is 0 Å². The van der Waals surface area contributed by atoms with Crippen LogP contribution in [0.1, 0.15) is 6.42 Å². The van der Waals surface area contributed by atoms with Gasteiger partial charge in [-0.3, -0.25) is 9.59 Å². The van der Waals surface area contributed by atoms with Gasteiger partial charge in [-0.1, -0.05) is 0 Å². The Balaban J connectivity index is 1.94. The molecule has 2 aliphatic rings. The Hall–Kier alpha value is -1.42. The fourth-order valence-corrected chi connectivity index (χ4v) is 3.39. The van der Waals surface area contributed by atoms with Crippen molar-refractivity contribution < 1.29 is 37.0 Å². The van der Waals surface area contributed by atoms with E-state index in [1.54, 1.807) is 7.05 Å². The van der Waals surface area contributed by atoms with Crippen molar-refractivity contribution in [2.24, 2.45) is 11.3 Å². The predicted octanol–water partition coefficient (Wildman–Crippen LogP) is 0.768. The van der Waals surface area contributed by atoms with E-state index in [1.807, 2.05) is 4.90 Å². The summed E-state index contributed by atoms with van der Waals surface area (Å²) in [6, 6.07) is 0. The number of likely N-dealkylation sites (tertiary alicyclic amines) is 2. The molecule has 0 bridgehead atoms. The fourth-order valence-electron chi connectivity index (χ4n) is 3.39. The van der Waals surface area contributed by atoms with Crippen LogP contribution in [0.3, 0.4) is 0 Å². The van der Waals surface area contributed by atoms with Crippen LogP contribution in [0.15, 0.2) is 0 Å². The summed E-state index contributed by atoms with van der Waals surface area (Å²) in [7, 11) is 1.79. The molecule has 0 aromatic carbocycles. The number of piperidine rings is 1. The summed E-state index contributed by atoms with van der Waals surface area (Å²) in [6.45, 7) is -1.17. The van der Waals surface area contributed by atoms with Crippen LogP contribution in [-0.2, 0) is 14.3 Å². The number of ether oxygens (including phenoxy) is 1. The minimum atomic E-state index is -4.32. The highest BCUT2D eigenvalue weighted by atomic mass is 19.3. The second kappa shape index (κ2) is 6.83. The van der Waals surface area contributed by atoms with E-state index in [1.165, 1.54) is 4.90 Å². The Morgan fingerprint density at radius 1 is 1.38 bits per heavy atom. The lowest BCUT2D eigenvalue weighted by atomic mass is 9.73. The van der Waals surface area contributed by atoms with Gasteiger partial charge in [0.1, 0.15) is 18.6 Å². The summed E-state index contributed by atoms with van der Waals surface area (Å²) in [5.41, 5.74) is -1.09. The van der Waals surface area contributed by atoms with E-state index in [0.717, 1.165) is 0 Å². The molecule has 24 heavy (non-hydrogen) atoms. The third-order valence-electron chi connectivity index (χ3n) is 4.72. The summed E-state index contributed by atoms with van der Waals surface area (Å²) in [5, 5.41) is 9.58. The van der Waals surface area contributed by atoms with E-state index < -0.39 is 42.9 Å². The molecule has 2 saturated heterocycles. The summed E-state index contributed by atoms with van der Waals surface area (Å²) < 4.78 is 53.9. The molecule has 2 heterocycles. The lowest BCUT2D eigenvalue weighted by Gasteiger charge is -2.39. The van der Waals surface area contributed by atoms with Gasteiger partial charge in [0, 0.05) is 19.6 Å². The maximum Gasteiger partial charge on any atom is 0.330 e. The van der Waals surface area contributed by atoms with Gasteiger partial charge < -0.3 is 19.6 Å². The number of carbonyl (C=O) groups is 2. The fraction of sp³-hybridized carbons (Fsp3) is 0.857. The third-order valence-corrected chi connectivity index (χ3v) is 4.72. The minimum absolute atomic E-state index is 0.0369. The predicted molar refractivity (Wildman–Crippen MR) is 74.0 cm³/mol. The normalized spacial score (nSPS) is 28.2. The second-order valence-corrected chi connectivity index (χ2v) is 6.51. The lowest BCUT2D eigenvalue weighted by Crippen LogP contribution is -2.52.